The van der Waals surface area contributed by atoms with Gasteiger partial charge in [-0.25, -0.2) is 0 Å². The maximum atomic E-state index is 5.70. The summed E-state index contributed by atoms with van der Waals surface area (Å²) in [7, 11) is 1.60. The molecule has 1 atom stereocenters. The van der Waals surface area contributed by atoms with Crippen LogP contribution < -0.4 is 0 Å². The second-order valence-corrected chi connectivity index (χ2v) is 5.25. The molecule has 75 valence electrons. The average molecular weight is 207 g/mol. The smallest absolute Gasteiger partial charge is 0.0717 e. The fourth-order valence-electron chi connectivity index (χ4n) is 1.72. The summed E-state index contributed by atoms with van der Waals surface area (Å²) in [5.41, 5.74) is 2.08. The van der Waals surface area contributed by atoms with Crippen LogP contribution >= 0.6 is 8.58 Å². The van der Waals surface area contributed by atoms with E-state index in [0.29, 0.717) is 0 Å². The molecule has 0 bridgehead atoms. The highest BCUT2D eigenvalue weighted by Crippen LogP contribution is 2.32. The second-order valence-electron chi connectivity index (χ2n) is 3.70. The van der Waals surface area contributed by atoms with Gasteiger partial charge in [0.15, 0.2) is 0 Å². The van der Waals surface area contributed by atoms with Gasteiger partial charge in [0.2, 0.25) is 0 Å². The Morgan fingerprint density at radius 3 is 2.86 bits per heavy atom. The second kappa shape index (κ2) is 5.48. The third-order valence-corrected chi connectivity index (χ3v) is 4.00. The Hall–Kier alpha value is -0.390. The van der Waals surface area contributed by atoms with Crippen LogP contribution in [0.15, 0.2) is 30.3 Å². The molecule has 1 saturated heterocycles. The van der Waals surface area contributed by atoms with Crippen molar-refractivity contribution < 1.29 is 4.74 Å². The van der Waals surface area contributed by atoms with Gasteiger partial charge in [0.25, 0.3) is 0 Å². The summed E-state index contributed by atoms with van der Waals surface area (Å²) in [6, 6.07) is 10.4. The molecule has 1 radical (unpaired) electrons. The minimum atomic E-state index is 0.771. The van der Waals surface area contributed by atoms with Gasteiger partial charge in [-0.3, -0.25) is 0 Å². The van der Waals surface area contributed by atoms with Gasteiger partial charge in [-0.05, 0) is 24.6 Å². The molecule has 0 aliphatic carbocycles. The molecule has 1 aliphatic rings. The SMILES string of the molecule is c1ccc(COCC2CCC[P]2)cc1. The summed E-state index contributed by atoms with van der Waals surface area (Å²) in [5, 5.41) is 0. The lowest BCUT2D eigenvalue weighted by atomic mass is 10.2. The number of hydrogen-bond acceptors (Lipinski definition) is 1. The molecule has 0 amide bonds. The van der Waals surface area contributed by atoms with E-state index in [4.69, 9.17) is 4.74 Å². The first-order valence-electron chi connectivity index (χ1n) is 5.23. The summed E-state index contributed by atoms with van der Waals surface area (Å²) in [5.74, 6) is 0. The quantitative estimate of drug-likeness (QED) is 0.688. The average Bonchev–Trinajstić information content (AvgIpc) is 2.72. The molecule has 1 unspecified atom stereocenters. The van der Waals surface area contributed by atoms with Crippen molar-refractivity contribution in [2.75, 3.05) is 12.8 Å². The van der Waals surface area contributed by atoms with Crippen molar-refractivity contribution in [3.05, 3.63) is 35.9 Å². The topological polar surface area (TPSA) is 9.23 Å². The van der Waals surface area contributed by atoms with Gasteiger partial charge >= 0.3 is 0 Å². The van der Waals surface area contributed by atoms with E-state index >= 15 is 0 Å². The summed E-state index contributed by atoms with van der Waals surface area (Å²) >= 11 is 0. The van der Waals surface area contributed by atoms with Crippen molar-refractivity contribution in [1.29, 1.82) is 0 Å². The molecular weight excluding hydrogens is 191 g/mol. The van der Waals surface area contributed by atoms with E-state index in [1.807, 2.05) is 6.07 Å². The van der Waals surface area contributed by atoms with E-state index < -0.39 is 0 Å². The lowest BCUT2D eigenvalue weighted by Gasteiger charge is -2.09. The van der Waals surface area contributed by atoms with Crippen LogP contribution in [0.2, 0.25) is 0 Å². The number of benzene rings is 1. The third-order valence-electron chi connectivity index (χ3n) is 2.50. The highest BCUT2D eigenvalue weighted by Gasteiger charge is 2.15. The summed E-state index contributed by atoms with van der Waals surface area (Å²) in [6.45, 7) is 1.71. The van der Waals surface area contributed by atoms with E-state index in [0.717, 1.165) is 18.9 Å². The molecule has 0 saturated carbocycles. The van der Waals surface area contributed by atoms with Gasteiger partial charge in [0.05, 0.1) is 13.2 Å². The monoisotopic (exact) mass is 207 g/mol. The van der Waals surface area contributed by atoms with Gasteiger partial charge in [-0.1, -0.05) is 38.9 Å². The molecule has 0 spiro atoms. The fourth-order valence-corrected chi connectivity index (χ4v) is 3.02. The van der Waals surface area contributed by atoms with Crippen molar-refractivity contribution in [3.8, 4) is 0 Å². The normalized spacial score (nSPS) is 23.0. The first kappa shape index (κ1) is 10.1. The van der Waals surface area contributed by atoms with Crippen LogP contribution in [0.25, 0.3) is 0 Å². The molecule has 14 heavy (non-hydrogen) atoms. The minimum absolute atomic E-state index is 0.771. The molecule has 2 heteroatoms. The molecule has 0 N–H and O–H groups in total. The Labute approximate surface area is 87.6 Å². The van der Waals surface area contributed by atoms with Crippen molar-refractivity contribution in [1.82, 2.24) is 0 Å². The Morgan fingerprint density at radius 1 is 1.29 bits per heavy atom. The van der Waals surface area contributed by atoms with Crippen molar-refractivity contribution in [2.24, 2.45) is 0 Å². The number of rotatable bonds is 4. The first-order chi connectivity index (χ1) is 6.95. The zero-order valence-electron chi connectivity index (χ0n) is 8.36. The summed E-state index contributed by atoms with van der Waals surface area (Å²) < 4.78 is 5.70. The highest BCUT2D eigenvalue weighted by molar-refractivity contribution is 7.39. The van der Waals surface area contributed by atoms with E-state index in [-0.39, 0.29) is 0 Å². The maximum absolute atomic E-state index is 5.70. The predicted molar refractivity (Wildman–Crippen MR) is 60.9 cm³/mol. The van der Waals surface area contributed by atoms with Crippen LogP contribution in [-0.4, -0.2) is 18.4 Å². The van der Waals surface area contributed by atoms with Crippen LogP contribution in [0.4, 0.5) is 0 Å². The van der Waals surface area contributed by atoms with Crippen LogP contribution in [0.1, 0.15) is 18.4 Å². The van der Waals surface area contributed by atoms with E-state index in [2.05, 4.69) is 24.3 Å². The Bertz CT molecular complexity index is 254. The molecule has 2 rings (SSSR count). The van der Waals surface area contributed by atoms with Crippen LogP contribution in [0.3, 0.4) is 0 Å². The van der Waals surface area contributed by atoms with Gasteiger partial charge in [-0.2, -0.15) is 0 Å². The zero-order valence-corrected chi connectivity index (χ0v) is 9.25. The molecule has 1 aromatic rings. The minimum Gasteiger partial charge on any atom is -0.376 e. The van der Waals surface area contributed by atoms with Crippen molar-refractivity contribution >= 4 is 8.58 Å². The fraction of sp³-hybridized carbons (Fsp3) is 0.500. The molecule has 1 heterocycles. The lowest BCUT2D eigenvalue weighted by molar-refractivity contribution is 0.121. The molecule has 1 fully saturated rings. The van der Waals surface area contributed by atoms with E-state index in [1.54, 1.807) is 8.58 Å². The Kier molecular flexibility index (Phi) is 3.97. The summed E-state index contributed by atoms with van der Waals surface area (Å²) in [6.07, 6.45) is 4.12. The van der Waals surface area contributed by atoms with Crippen LogP contribution in [0.5, 0.6) is 0 Å². The van der Waals surface area contributed by atoms with Crippen molar-refractivity contribution in [3.63, 3.8) is 0 Å². The van der Waals surface area contributed by atoms with Crippen molar-refractivity contribution in [2.45, 2.75) is 25.1 Å². The highest BCUT2D eigenvalue weighted by atomic mass is 31.1. The molecule has 1 aromatic carbocycles. The largest absolute Gasteiger partial charge is 0.376 e. The van der Waals surface area contributed by atoms with Gasteiger partial charge in [0.1, 0.15) is 0 Å². The van der Waals surface area contributed by atoms with Gasteiger partial charge in [-0.15, -0.1) is 0 Å². The summed E-state index contributed by atoms with van der Waals surface area (Å²) in [4.78, 5) is 0. The lowest BCUT2D eigenvalue weighted by Crippen LogP contribution is -2.06. The van der Waals surface area contributed by atoms with E-state index in [1.165, 1.54) is 24.6 Å². The van der Waals surface area contributed by atoms with E-state index in [9.17, 15) is 0 Å². The Balaban J connectivity index is 1.67. The number of hydrogen-bond donors (Lipinski definition) is 0. The Morgan fingerprint density at radius 2 is 2.14 bits per heavy atom. The molecule has 0 aromatic heterocycles. The molecule has 1 aliphatic heterocycles. The van der Waals surface area contributed by atoms with Crippen LogP contribution in [0, 0.1) is 0 Å². The standard InChI is InChI=1S/C12H16OP/c1-2-5-11(6-3-1)9-13-10-12-7-4-8-14-12/h1-3,5-6,12H,4,7-10H2. The van der Waals surface area contributed by atoms with Crippen LogP contribution in [-0.2, 0) is 11.3 Å². The molecule has 1 nitrogen and oxygen atoms in total. The number of ether oxygens (including phenoxy) is 1. The molecular formula is C12H16OP. The predicted octanol–water partition coefficient (Wildman–Crippen LogP) is 3.31. The maximum Gasteiger partial charge on any atom is 0.0717 e. The third kappa shape index (κ3) is 3.08. The van der Waals surface area contributed by atoms with Gasteiger partial charge < -0.3 is 4.74 Å². The zero-order chi connectivity index (χ0) is 9.64. The van der Waals surface area contributed by atoms with Gasteiger partial charge in [0, 0.05) is 5.66 Å². The first-order valence-corrected chi connectivity index (χ1v) is 6.38.